The largest absolute Gasteiger partial charge is 0.493 e. The molecule has 2 atom stereocenters. The molecule has 0 bridgehead atoms. The van der Waals surface area contributed by atoms with Crippen LogP contribution in [0.3, 0.4) is 0 Å². The summed E-state index contributed by atoms with van der Waals surface area (Å²) in [6, 6.07) is 31.2. The second kappa shape index (κ2) is 14.5. The van der Waals surface area contributed by atoms with Crippen LogP contribution < -0.4 is 18.9 Å². The Kier molecular flexibility index (Phi) is 9.65. The van der Waals surface area contributed by atoms with Gasteiger partial charge in [-0.2, -0.15) is 0 Å². The fourth-order valence-corrected chi connectivity index (χ4v) is 4.06. The number of benzene rings is 4. The highest BCUT2D eigenvalue weighted by molar-refractivity contribution is 5.46. The van der Waals surface area contributed by atoms with Crippen LogP contribution in [0.2, 0.25) is 0 Å². The van der Waals surface area contributed by atoms with Crippen LogP contribution in [0.25, 0.3) is 0 Å². The predicted octanol–water partition coefficient (Wildman–Crippen LogP) is 6.14. The van der Waals surface area contributed by atoms with E-state index in [9.17, 15) is 0 Å². The molecule has 0 aromatic heterocycles. The molecule has 0 aliphatic carbocycles. The molecule has 4 aromatic rings. The van der Waals surface area contributed by atoms with Crippen molar-refractivity contribution in [2.45, 2.75) is 19.1 Å². The van der Waals surface area contributed by atoms with Gasteiger partial charge >= 0.3 is 0 Å². The van der Waals surface area contributed by atoms with E-state index in [2.05, 4.69) is 30.6 Å². The lowest BCUT2D eigenvalue weighted by Crippen LogP contribution is -2.16. The van der Waals surface area contributed by atoms with Crippen molar-refractivity contribution in [1.29, 1.82) is 0 Å². The highest BCUT2D eigenvalue weighted by Crippen LogP contribution is 2.18. The molecule has 2 aliphatic rings. The standard InChI is InChI=1S/C38H34O6/c1-28(22-39-33-14-6-29(7-15-33)2-4-31-10-18-35(19-11-31)41-24-37-26-43-37)23-40-34-16-8-30(9-17-34)3-5-32-12-20-36(21-13-32)42-25-38-27-44-38/h6-21,28,37-38H,22-27H2,1H3. The van der Waals surface area contributed by atoms with Gasteiger partial charge in [0.2, 0.25) is 0 Å². The summed E-state index contributed by atoms with van der Waals surface area (Å²) >= 11 is 0. The second-order valence-corrected chi connectivity index (χ2v) is 10.9. The van der Waals surface area contributed by atoms with Crippen LogP contribution >= 0.6 is 0 Å². The van der Waals surface area contributed by atoms with Crippen molar-refractivity contribution in [3.8, 4) is 46.7 Å². The molecule has 4 aromatic carbocycles. The lowest BCUT2D eigenvalue weighted by Gasteiger charge is -2.14. The molecule has 2 fully saturated rings. The van der Waals surface area contributed by atoms with Crippen LogP contribution in [0.5, 0.6) is 23.0 Å². The van der Waals surface area contributed by atoms with Gasteiger partial charge in [-0.1, -0.05) is 30.6 Å². The third-order valence-electron chi connectivity index (χ3n) is 6.87. The molecule has 0 radical (unpaired) electrons. The summed E-state index contributed by atoms with van der Waals surface area (Å²) in [4.78, 5) is 0. The van der Waals surface area contributed by atoms with Crippen LogP contribution in [-0.4, -0.2) is 51.8 Å². The van der Waals surface area contributed by atoms with Gasteiger partial charge < -0.3 is 28.4 Å². The van der Waals surface area contributed by atoms with E-state index in [1.165, 1.54) is 0 Å². The van der Waals surface area contributed by atoms with Crippen molar-refractivity contribution < 1.29 is 28.4 Å². The van der Waals surface area contributed by atoms with Crippen molar-refractivity contribution in [1.82, 2.24) is 0 Å². The minimum atomic E-state index is 0.210. The molecule has 6 rings (SSSR count). The van der Waals surface area contributed by atoms with Gasteiger partial charge in [-0.05, 0) is 97.1 Å². The number of epoxide rings is 2. The minimum absolute atomic E-state index is 0.210. The van der Waals surface area contributed by atoms with E-state index in [1.54, 1.807) is 0 Å². The summed E-state index contributed by atoms with van der Waals surface area (Å²) in [5.74, 6) is 16.3. The molecule has 0 saturated carbocycles. The topological polar surface area (TPSA) is 62.0 Å². The summed E-state index contributed by atoms with van der Waals surface area (Å²) < 4.78 is 33.6. The van der Waals surface area contributed by atoms with Crippen molar-refractivity contribution in [3.63, 3.8) is 0 Å². The molecule has 2 saturated heterocycles. The predicted molar refractivity (Wildman–Crippen MR) is 168 cm³/mol. The first-order valence-electron chi connectivity index (χ1n) is 14.8. The Labute approximate surface area is 258 Å². The Morgan fingerprint density at radius 2 is 0.773 bits per heavy atom. The van der Waals surface area contributed by atoms with E-state index >= 15 is 0 Å². The van der Waals surface area contributed by atoms with Crippen molar-refractivity contribution in [3.05, 3.63) is 119 Å². The van der Waals surface area contributed by atoms with E-state index in [-0.39, 0.29) is 18.1 Å². The maximum atomic E-state index is 5.98. The van der Waals surface area contributed by atoms with Gasteiger partial charge in [0.15, 0.2) is 0 Å². The normalized spacial score (nSPS) is 16.8. The highest BCUT2D eigenvalue weighted by atomic mass is 16.6. The summed E-state index contributed by atoms with van der Waals surface area (Å²) in [5, 5.41) is 0. The Morgan fingerprint density at radius 1 is 0.500 bits per heavy atom. The van der Waals surface area contributed by atoms with E-state index in [1.807, 2.05) is 97.1 Å². The Morgan fingerprint density at radius 3 is 1.05 bits per heavy atom. The SMILES string of the molecule is CC(COc1ccc(C#Cc2ccc(OCC3CO3)cc2)cc1)COc1ccc(C#Cc2ccc(OCC3CO3)cc2)cc1. The molecule has 6 heteroatoms. The summed E-state index contributed by atoms with van der Waals surface area (Å²) in [5.41, 5.74) is 3.72. The molecule has 2 aliphatic heterocycles. The van der Waals surface area contributed by atoms with Gasteiger partial charge in [0, 0.05) is 28.2 Å². The maximum Gasteiger partial charge on any atom is 0.119 e. The van der Waals surface area contributed by atoms with Crippen molar-refractivity contribution in [2.75, 3.05) is 39.6 Å². The fraction of sp³-hybridized carbons (Fsp3) is 0.263. The summed E-state index contributed by atoms with van der Waals surface area (Å²) in [6.45, 7) is 5.98. The van der Waals surface area contributed by atoms with Crippen molar-refractivity contribution in [2.24, 2.45) is 5.92 Å². The van der Waals surface area contributed by atoms with Crippen LogP contribution in [0, 0.1) is 29.6 Å². The van der Waals surface area contributed by atoms with Crippen LogP contribution in [0.1, 0.15) is 29.2 Å². The first-order chi connectivity index (χ1) is 21.6. The van der Waals surface area contributed by atoms with E-state index in [4.69, 9.17) is 28.4 Å². The molecule has 2 unspecified atom stereocenters. The first-order valence-corrected chi connectivity index (χ1v) is 14.8. The molecule has 44 heavy (non-hydrogen) atoms. The highest BCUT2D eigenvalue weighted by Gasteiger charge is 2.23. The number of ether oxygens (including phenoxy) is 6. The van der Waals surface area contributed by atoms with Gasteiger partial charge in [0.05, 0.1) is 26.4 Å². The van der Waals surface area contributed by atoms with E-state index < -0.39 is 0 Å². The van der Waals surface area contributed by atoms with E-state index in [0.717, 1.165) is 58.5 Å². The van der Waals surface area contributed by atoms with Crippen LogP contribution in [-0.2, 0) is 9.47 Å². The average Bonchev–Trinajstić information content (AvgIpc) is 4.01. The van der Waals surface area contributed by atoms with Crippen LogP contribution in [0.15, 0.2) is 97.1 Å². The quantitative estimate of drug-likeness (QED) is 0.147. The van der Waals surface area contributed by atoms with Gasteiger partial charge in [-0.15, -0.1) is 0 Å². The zero-order chi connectivity index (χ0) is 30.0. The summed E-state index contributed by atoms with van der Waals surface area (Å²) in [6.07, 6.45) is 0.496. The third kappa shape index (κ3) is 9.57. The third-order valence-corrected chi connectivity index (χ3v) is 6.87. The monoisotopic (exact) mass is 586 g/mol. The van der Waals surface area contributed by atoms with Gasteiger partial charge in [0.25, 0.3) is 0 Å². The Bertz CT molecular complexity index is 1490. The van der Waals surface area contributed by atoms with E-state index in [0.29, 0.717) is 26.4 Å². The number of rotatable bonds is 12. The smallest absolute Gasteiger partial charge is 0.119 e. The Hall–Kier alpha value is -4.88. The van der Waals surface area contributed by atoms with Gasteiger partial charge in [0.1, 0.15) is 48.4 Å². The molecule has 0 amide bonds. The maximum absolute atomic E-state index is 5.98. The van der Waals surface area contributed by atoms with Crippen molar-refractivity contribution >= 4 is 0 Å². The molecular formula is C38H34O6. The number of hydrogen-bond acceptors (Lipinski definition) is 6. The summed E-state index contributed by atoms with van der Waals surface area (Å²) in [7, 11) is 0. The second-order valence-electron chi connectivity index (χ2n) is 10.9. The molecular weight excluding hydrogens is 552 g/mol. The lowest BCUT2D eigenvalue weighted by molar-refractivity contribution is 0.188. The first kappa shape index (κ1) is 29.2. The zero-order valence-electron chi connectivity index (χ0n) is 24.7. The number of hydrogen-bond donors (Lipinski definition) is 0. The zero-order valence-corrected chi connectivity index (χ0v) is 24.7. The fourth-order valence-electron chi connectivity index (χ4n) is 4.06. The lowest BCUT2D eigenvalue weighted by atomic mass is 10.1. The Balaban J connectivity index is 0.898. The van der Waals surface area contributed by atoms with Crippen LogP contribution in [0.4, 0.5) is 0 Å². The minimum Gasteiger partial charge on any atom is -0.493 e. The van der Waals surface area contributed by atoms with Gasteiger partial charge in [-0.25, -0.2) is 0 Å². The molecule has 0 N–H and O–H groups in total. The average molecular weight is 587 g/mol. The molecule has 6 nitrogen and oxygen atoms in total. The molecule has 222 valence electrons. The molecule has 2 heterocycles. The molecule has 0 spiro atoms. The van der Waals surface area contributed by atoms with Gasteiger partial charge in [-0.3, -0.25) is 0 Å².